The maximum atomic E-state index is 12.3. The van der Waals surface area contributed by atoms with Gasteiger partial charge in [0.1, 0.15) is 18.1 Å². The predicted octanol–water partition coefficient (Wildman–Crippen LogP) is -3.25. The van der Waals surface area contributed by atoms with Gasteiger partial charge in [-0.3, -0.25) is 19.2 Å². The summed E-state index contributed by atoms with van der Waals surface area (Å²) in [6.07, 6.45) is -0.603. The summed E-state index contributed by atoms with van der Waals surface area (Å²) in [5.41, 5.74) is 5.70. The number of amides is 3. The summed E-state index contributed by atoms with van der Waals surface area (Å²) in [5, 5.41) is 42.7. The van der Waals surface area contributed by atoms with Crippen LogP contribution in [0.15, 0.2) is 0 Å². The van der Waals surface area contributed by atoms with Crippen LogP contribution in [0.2, 0.25) is 0 Å². The van der Waals surface area contributed by atoms with Gasteiger partial charge in [0.2, 0.25) is 17.7 Å². The van der Waals surface area contributed by atoms with Crippen LogP contribution in [0.5, 0.6) is 0 Å². The van der Waals surface area contributed by atoms with Crippen molar-refractivity contribution in [3.8, 4) is 0 Å². The molecule has 0 aliphatic heterocycles. The van der Waals surface area contributed by atoms with Crippen molar-refractivity contribution in [3.63, 3.8) is 0 Å². The second-order valence-corrected chi connectivity index (χ2v) is 7.06. The minimum Gasteiger partial charge on any atom is -0.481 e. The van der Waals surface area contributed by atoms with Crippen molar-refractivity contribution in [2.75, 3.05) is 13.2 Å². The Bertz CT molecular complexity index is 626. The molecule has 9 N–H and O–H groups in total. The fourth-order valence-electron chi connectivity index (χ4n) is 2.35. The first-order valence-electron chi connectivity index (χ1n) is 9.25. The number of nitrogens with two attached hydrogens (primary N) is 1. The van der Waals surface area contributed by atoms with Gasteiger partial charge in [-0.15, -0.1) is 0 Å². The van der Waals surface area contributed by atoms with E-state index in [1.807, 2.05) is 19.2 Å². The summed E-state index contributed by atoms with van der Waals surface area (Å²) >= 11 is 0. The number of hydrogen-bond acceptors (Lipinski definition) is 8. The molecule has 0 aliphatic rings. The van der Waals surface area contributed by atoms with E-state index in [4.69, 9.17) is 15.9 Å². The minimum atomic E-state index is -1.60. The third-order valence-electron chi connectivity index (χ3n) is 3.95. The highest BCUT2D eigenvalue weighted by Crippen LogP contribution is 2.03. The summed E-state index contributed by atoms with van der Waals surface area (Å²) in [4.78, 5) is 58.2. The number of carboxylic acids is 2. The van der Waals surface area contributed by atoms with E-state index in [1.54, 1.807) is 0 Å². The lowest BCUT2D eigenvalue weighted by Gasteiger charge is -2.23. The Morgan fingerprint density at radius 1 is 0.800 bits per heavy atom. The zero-order valence-electron chi connectivity index (χ0n) is 16.8. The van der Waals surface area contributed by atoms with Gasteiger partial charge in [0, 0.05) is 6.42 Å². The van der Waals surface area contributed by atoms with Crippen LogP contribution in [0.25, 0.3) is 0 Å². The molecule has 0 aromatic heterocycles. The predicted molar refractivity (Wildman–Crippen MR) is 102 cm³/mol. The number of carbonyl (C=O) groups excluding carboxylic acids is 3. The van der Waals surface area contributed by atoms with Gasteiger partial charge in [0.15, 0.2) is 0 Å². The van der Waals surface area contributed by atoms with Crippen molar-refractivity contribution in [2.45, 2.75) is 57.3 Å². The molecule has 0 aromatic rings. The van der Waals surface area contributed by atoms with Gasteiger partial charge in [-0.05, 0) is 18.8 Å². The number of hydrogen-bond donors (Lipinski definition) is 8. The van der Waals surface area contributed by atoms with Gasteiger partial charge in [0.05, 0.1) is 19.3 Å². The molecule has 4 unspecified atom stereocenters. The molecule has 4 atom stereocenters. The van der Waals surface area contributed by atoms with Crippen LogP contribution >= 0.6 is 0 Å². The second-order valence-electron chi connectivity index (χ2n) is 7.06. The number of rotatable bonds is 14. The van der Waals surface area contributed by atoms with E-state index >= 15 is 0 Å². The van der Waals surface area contributed by atoms with Crippen LogP contribution in [0, 0.1) is 5.92 Å². The molecular weight excluding hydrogens is 404 g/mol. The molecule has 172 valence electrons. The van der Waals surface area contributed by atoms with Gasteiger partial charge in [-0.2, -0.15) is 0 Å². The smallest absolute Gasteiger partial charge is 0.326 e. The number of carboxylic acid groups (broad SMARTS) is 2. The van der Waals surface area contributed by atoms with Gasteiger partial charge >= 0.3 is 11.9 Å². The third-order valence-corrected chi connectivity index (χ3v) is 3.95. The normalized spacial score (nSPS) is 14.9. The van der Waals surface area contributed by atoms with Gasteiger partial charge < -0.3 is 42.1 Å². The summed E-state index contributed by atoms with van der Waals surface area (Å²) in [6.45, 7) is 1.95. The standard InChI is InChI=1S/C17H30N4O9/c1-8(2)5-9(18)14(26)20-11(6-22)16(28)21-12(7-23)15(27)19-10(17(29)30)3-4-13(24)25/h8-12,22-23H,3-7,18H2,1-2H3,(H,19,27)(H,20,26)(H,21,28)(H,24,25)(H,29,30). The summed E-state index contributed by atoms with van der Waals surface area (Å²) in [5.74, 6) is -5.43. The molecule has 30 heavy (non-hydrogen) atoms. The summed E-state index contributed by atoms with van der Waals surface area (Å²) < 4.78 is 0. The molecule has 0 aromatic carbocycles. The van der Waals surface area contributed by atoms with Crippen LogP contribution in [0.3, 0.4) is 0 Å². The maximum Gasteiger partial charge on any atom is 0.326 e. The highest BCUT2D eigenvalue weighted by atomic mass is 16.4. The van der Waals surface area contributed by atoms with Crippen molar-refractivity contribution in [3.05, 3.63) is 0 Å². The third kappa shape index (κ3) is 10.1. The molecule has 0 bridgehead atoms. The highest BCUT2D eigenvalue weighted by Gasteiger charge is 2.30. The highest BCUT2D eigenvalue weighted by molar-refractivity contribution is 5.94. The Labute approximate surface area is 173 Å². The molecule has 0 aliphatic carbocycles. The van der Waals surface area contributed by atoms with Crippen molar-refractivity contribution >= 4 is 29.7 Å². The summed E-state index contributed by atoms with van der Waals surface area (Å²) in [6, 6.07) is -5.53. The quantitative estimate of drug-likeness (QED) is 0.136. The van der Waals surface area contributed by atoms with E-state index in [-0.39, 0.29) is 5.92 Å². The van der Waals surface area contributed by atoms with E-state index in [0.29, 0.717) is 6.42 Å². The lowest BCUT2D eigenvalue weighted by molar-refractivity contribution is -0.143. The van der Waals surface area contributed by atoms with Gasteiger partial charge in [-0.25, -0.2) is 4.79 Å². The molecule has 3 amide bonds. The van der Waals surface area contributed by atoms with Crippen molar-refractivity contribution in [1.29, 1.82) is 0 Å². The van der Waals surface area contributed by atoms with Crippen LogP contribution in [0.1, 0.15) is 33.1 Å². The first-order chi connectivity index (χ1) is 13.9. The van der Waals surface area contributed by atoms with Crippen molar-refractivity contribution in [1.82, 2.24) is 16.0 Å². The van der Waals surface area contributed by atoms with Gasteiger partial charge in [0.25, 0.3) is 0 Å². The number of aliphatic hydroxyl groups excluding tert-OH is 2. The van der Waals surface area contributed by atoms with Crippen LogP contribution in [-0.4, -0.2) is 87.5 Å². The number of aliphatic carboxylic acids is 2. The van der Waals surface area contributed by atoms with E-state index in [0.717, 1.165) is 0 Å². The second kappa shape index (κ2) is 13.5. The van der Waals surface area contributed by atoms with Crippen LogP contribution < -0.4 is 21.7 Å². The monoisotopic (exact) mass is 434 g/mol. The molecule has 0 radical (unpaired) electrons. The molecule has 0 fully saturated rings. The lowest BCUT2D eigenvalue weighted by Crippen LogP contribution is -2.59. The molecule has 0 saturated carbocycles. The first kappa shape index (κ1) is 27.2. The topological polar surface area (TPSA) is 228 Å². The number of nitrogens with one attached hydrogen (secondary N) is 3. The fourth-order valence-corrected chi connectivity index (χ4v) is 2.35. The molecule has 0 spiro atoms. The molecule has 0 heterocycles. The van der Waals surface area contributed by atoms with Crippen molar-refractivity contribution in [2.24, 2.45) is 11.7 Å². The average Bonchev–Trinajstić information content (AvgIpc) is 2.65. The number of carbonyl (C=O) groups is 5. The van der Waals surface area contributed by atoms with E-state index < -0.39 is 79.9 Å². The molecule has 0 saturated heterocycles. The molecule has 13 nitrogen and oxygen atoms in total. The Balaban J connectivity index is 4.98. The van der Waals surface area contributed by atoms with E-state index in [1.165, 1.54) is 0 Å². The average molecular weight is 434 g/mol. The zero-order chi connectivity index (χ0) is 23.4. The summed E-state index contributed by atoms with van der Waals surface area (Å²) in [7, 11) is 0. The fraction of sp³-hybridized carbons (Fsp3) is 0.706. The largest absolute Gasteiger partial charge is 0.481 e. The molecule has 0 rings (SSSR count). The Hall–Kier alpha value is -2.77. The number of aliphatic hydroxyl groups is 2. The molecular formula is C17H30N4O9. The van der Waals surface area contributed by atoms with E-state index in [2.05, 4.69) is 10.6 Å². The zero-order valence-corrected chi connectivity index (χ0v) is 16.8. The lowest BCUT2D eigenvalue weighted by atomic mass is 10.0. The first-order valence-corrected chi connectivity index (χ1v) is 9.25. The molecule has 13 heteroatoms. The van der Waals surface area contributed by atoms with E-state index in [9.17, 15) is 34.2 Å². The Morgan fingerprint density at radius 3 is 1.60 bits per heavy atom. The van der Waals surface area contributed by atoms with Crippen LogP contribution in [0.4, 0.5) is 0 Å². The Morgan fingerprint density at radius 2 is 1.23 bits per heavy atom. The van der Waals surface area contributed by atoms with Gasteiger partial charge in [-0.1, -0.05) is 13.8 Å². The van der Waals surface area contributed by atoms with Crippen molar-refractivity contribution < 1.29 is 44.4 Å². The SMILES string of the molecule is CC(C)CC(N)C(=O)NC(CO)C(=O)NC(CO)C(=O)NC(CCC(=O)O)C(=O)O. The maximum absolute atomic E-state index is 12.3. The minimum absolute atomic E-state index is 0.109. The Kier molecular flexibility index (Phi) is 12.2. The van der Waals surface area contributed by atoms with Crippen LogP contribution in [-0.2, 0) is 24.0 Å².